The molecule has 3 aromatic rings. The van der Waals surface area contributed by atoms with Crippen molar-refractivity contribution in [3.8, 4) is 0 Å². The van der Waals surface area contributed by atoms with E-state index in [4.69, 9.17) is 0 Å². The highest BCUT2D eigenvalue weighted by Crippen LogP contribution is 2.41. The summed E-state index contributed by atoms with van der Waals surface area (Å²) in [6.45, 7) is 5.02. The lowest BCUT2D eigenvalue weighted by Gasteiger charge is -2.19. The Balaban J connectivity index is 2.21. The molecule has 0 fully saturated rings. The van der Waals surface area contributed by atoms with Crippen molar-refractivity contribution in [2.75, 3.05) is 0 Å². The van der Waals surface area contributed by atoms with E-state index in [1.807, 2.05) is 0 Å². The number of carbonyl (C=O) groups is 2. The van der Waals surface area contributed by atoms with Crippen molar-refractivity contribution in [2.45, 2.75) is 33.1 Å². The number of hydrogen-bond donors (Lipinski definition) is 0. The molecule has 1 atom stereocenters. The molecule has 1 unspecified atom stereocenters. The Hall–Kier alpha value is -3.32. The predicted molar refractivity (Wildman–Crippen MR) is 119 cm³/mol. The van der Waals surface area contributed by atoms with Crippen molar-refractivity contribution >= 4 is 24.4 Å². The number of hydrogen-bond acceptors (Lipinski definition) is 3. The van der Waals surface area contributed by atoms with Gasteiger partial charge in [0.15, 0.2) is 13.6 Å². The van der Waals surface area contributed by atoms with Gasteiger partial charge in [-0.2, -0.15) is 26.3 Å². The molecule has 0 bridgehead atoms. The Morgan fingerprint density at radius 2 is 1.20 bits per heavy atom. The van der Waals surface area contributed by atoms with Crippen LogP contribution >= 0.6 is 7.80 Å². The summed E-state index contributed by atoms with van der Waals surface area (Å²) >= 11 is 0. The maximum Gasteiger partial charge on any atom is 0.417 e. The largest absolute Gasteiger partial charge is 0.417 e. The summed E-state index contributed by atoms with van der Waals surface area (Å²) in [5, 5.41) is -0.443. The Morgan fingerprint density at radius 3 is 1.69 bits per heavy atom. The van der Waals surface area contributed by atoms with Crippen LogP contribution in [0.2, 0.25) is 0 Å². The molecular formula is C25H18F6O3P. The molecule has 0 aromatic heterocycles. The molecule has 10 heteroatoms. The number of aryl methyl sites for hydroxylation is 3. The fourth-order valence-corrected chi connectivity index (χ4v) is 5.37. The molecule has 0 saturated carbocycles. The van der Waals surface area contributed by atoms with Gasteiger partial charge in [0, 0.05) is 16.7 Å². The van der Waals surface area contributed by atoms with Crippen molar-refractivity contribution in [3.05, 3.63) is 99.1 Å². The van der Waals surface area contributed by atoms with Crippen LogP contribution in [0.15, 0.2) is 54.6 Å². The fraction of sp³-hybridized carbons (Fsp3) is 0.200. The van der Waals surface area contributed by atoms with Crippen LogP contribution in [0.4, 0.5) is 26.3 Å². The molecule has 183 valence electrons. The molecule has 0 N–H and O–H groups in total. The topological polar surface area (TPSA) is 51.2 Å². The van der Waals surface area contributed by atoms with Gasteiger partial charge in [-0.3, -0.25) is 14.2 Å². The van der Waals surface area contributed by atoms with Crippen molar-refractivity contribution in [1.82, 2.24) is 0 Å². The molecule has 0 amide bonds. The maximum absolute atomic E-state index is 13.6. The van der Waals surface area contributed by atoms with E-state index in [9.17, 15) is 40.5 Å². The average molecular weight is 511 g/mol. The van der Waals surface area contributed by atoms with Gasteiger partial charge in [-0.25, -0.2) is 0 Å². The minimum Gasteiger partial charge on any atom is -0.289 e. The van der Waals surface area contributed by atoms with Gasteiger partial charge in [0.25, 0.3) is 0 Å². The van der Waals surface area contributed by atoms with Crippen molar-refractivity contribution in [2.24, 2.45) is 0 Å². The number of alkyl halides is 6. The number of halogens is 6. The molecule has 3 nitrogen and oxygen atoms in total. The van der Waals surface area contributed by atoms with Crippen LogP contribution in [-0.2, 0) is 16.9 Å². The van der Waals surface area contributed by atoms with Crippen LogP contribution < -0.4 is 5.30 Å². The molecule has 0 aliphatic carbocycles. The molecule has 3 aromatic carbocycles. The van der Waals surface area contributed by atoms with Gasteiger partial charge in [0.2, 0.25) is 5.52 Å². The summed E-state index contributed by atoms with van der Waals surface area (Å²) in [6.07, 6.45) is -10.5. The molecule has 0 aliphatic heterocycles. The lowest BCUT2D eigenvalue weighted by atomic mass is 9.92. The number of benzene rings is 3. The van der Waals surface area contributed by atoms with E-state index >= 15 is 0 Å². The third kappa shape index (κ3) is 5.20. The molecule has 0 spiro atoms. The zero-order valence-corrected chi connectivity index (χ0v) is 19.5. The summed E-state index contributed by atoms with van der Waals surface area (Å²) in [5.74, 6) is -1.63. The summed E-state index contributed by atoms with van der Waals surface area (Å²) in [6, 6.07) is 9.20. The summed E-state index contributed by atoms with van der Waals surface area (Å²) in [5.41, 5.74) is -4.77. The van der Waals surface area contributed by atoms with Gasteiger partial charge < -0.3 is 0 Å². The van der Waals surface area contributed by atoms with Crippen molar-refractivity contribution < 1.29 is 40.5 Å². The van der Waals surface area contributed by atoms with Crippen molar-refractivity contribution in [3.63, 3.8) is 0 Å². The van der Waals surface area contributed by atoms with Gasteiger partial charge in [0.05, 0.1) is 16.4 Å². The van der Waals surface area contributed by atoms with Gasteiger partial charge in [-0.05, 0) is 56.2 Å². The third-order valence-electron chi connectivity index (χ3n) is 5.35. The SMILES string of the molecule is Cc1cc(C)c(C(=O)[P](=O)c2ccccc2C(=O)c2c(C(F)(F)F)cccc2C(F)(F)F)c(C)c1. The molecule has 35 heavy (non-hydrogen) atoms. The highest BCUT2D eigenvalue weighted by Gasteiger charge is 2.43. The normalized spacial score (nSPS) is 12.4. The van der Waals surface area contributed by atoms with E-state index in [-0.39, 0.29) is 5.56 Å². The van der Waals surface area contributed by atoms with E-state index in [1.54, 1.807) is 32.9 Å². The second-order valence-electron chi connectivity index (χ2n) is 7.94. The minimum absolute atomic E-state index is 0.116. The van der Waals surface area contributed by atoms with Crippen LogP contribution in [0.5, 0.6) is 0 Å². The van der Waals surface area contributed by atoms with E-state index in [2.05, 4.69) is 0 Å². The van der Waals surface area contributed by atoms with E-state index in [1.165, 1.54) is 12.1 Å². The predicted octanol–water partition coefficient (Wildman–Crippen LogP) is 7.17. The molecular weight excluding hydrogens is 493 g/mol. The van der Waals surface area contributed by atoms with Crippen LogP contribution in [-0.4, -0.2) is 11.3 Å². The highest BCUT2D eigenvalue weighted by atomic mass is 31.1. The highest BCUT2D eigenvalue weighted by molar-refractivity contribution is 7.71. The standard InChI is InChI=1S/C25H18F6O3P/c1-13-11-14(2)20(15(3)12-13)23(33)35(34)19-10-5-4-7-16(19)22(32)21-17(24(26,27)28)8-6-9-18(21)25(29,30)31/h4-12H,1-3H3. The zero-order chi connectivity index (χ0) is 26.3. The quantitative estimate of drug-likeness (QED) is 0.207. The van der Waals surface area contributed by atoms with E-state index in [0.717, 1.165) is 17.7 Å². The van der Waals surface area contributed by atoms with Gasteiger partial charge >= 0.3 is 12.4 Å². The zero-order valence-electron chi connectivity index (χ0n) is 18.6. The Kier molecular flexibility index (Phi) is 7.04. The first-order valence-electron chi connectivity index (χ1n) is 10.1. The number of carbonyl (C=O) groups excluding carboxylic acids is 2. The van der Waals surface area contributed by atoms with Crippen LogP contribution in [0.25, 0.3) is 0 Å². The first kappa shape index (κ1) is 26.3. The van der Waals surface area contributed by atoms with Crippen LogP contribution in [0.3, 0.4) is 0 Å². The van der Waals surface area contributed by atoms with Gasteiger partial charge in [-0.15, -0.1) is 0 Å². The molecule has 0 saturated heterocycles. The molecule has 3 rings (SSSR count). The first-order valence-corrected chi connectivity index (χ1v) is 11.4. The number of rotatable bonds is 5. The summed E-state index contributed by atoms with van der Waals surface area (Å²) in [7, 11) is -3.05. The lowest BCUT2D eigenvalue weighted by Crippen LogP contribution is -2.23. The average Bonchev–Trinajstić information content (AvgIpc) is 2.75. The van der Waals surface area contributed by atoms with Gasteiger partial charge in [0.1, 0.15) is 0 Å². The minimum atomic E-state index is -5.27. The first-order chi connectivity index (χ1) is 16.1. The van der Waals surface area contributed by atoms with E-state index < -0.39 is 59.0 Å². The van der Waals surface area contributed by atoms with E-state index in [0.29, 0.717) is 29.3 Å². The Morgan fingerprint density at radius 1 is 0.714 bits per heavy atom. The number of ketones is 1. The fourth-order valence-electron chi connectivity index (χ4n) is 3.98. The second kappa shape index (κ2) is 9.38. The van der Waals surface area contributed by atoms with Crippen LogP contribution in [0, 0.1) is 20.8 Å². The Labute approximate surface area is 197 Å². The maximum atomic E-state index is 13.6. The lowest BCUT2D eigenvalue weighted by molar-refractivity contribution is -0.143. The molecule has 0 heterocycles. The Bertz CT molecular complexity index is 1300. The summed E-state index contributed by atoms with van der Waals surface area (Å²) in [4.78, 5) is 26.3. The van der Waals surface area contributed by atoms with Crippen molar-refractivity contribution in [1.29, 1.82) is 0 Å². The van der Waals surface area contributed by atoms with Gasteiger partial charge in [-0.1, -0.05) is 35.9 Å². The monoisotopic (exact) mass is 511 g/mol. The third-order valence-corrected chi connectivity index (χ3v) is 6.77. The van der Waals surface area contributed by atoms with Crippen LogP contribution in [0.1, 0.15) is 54.1 Å². The second-order valence-corrected chi connectivity index (χ2v) is 9.42. The smallest absolute Gasteiger partial charge is 0.289 e. The summed E-state index contributed by atoms with van der Waals surface area (Å²) < 4.78 is 94.8. The molecule has 0 aliphatic rings. The molecule has 1 radical (unpaired) electrons.